The summed E-state index contributed by atoms with van der Waals surface area (Å²) in [5.74, 6) is -0.509. The molecule has 0 fully saturated rings. The van der Waals surface area contributed by atoms with E-state index in [9.17, 15) is 30.5 Å². The number of hydrogen-bond acceptors (Lipinski definition) is 13. The van der Waals surface area contributed by atoms with Crippen LogP contribution in [-0.2, 0) is 64.4 Å². The summed E-state index contributed by atoms with van der Waals surface area (Å²) < 4.78 is 97.5. The zero-order valence-corrected chi connectivity index (χ0v) is 17.7. The standard InChI is InChI=1S/C10H23O13PS3/c1-2-3-4-5-6-7-8-9-10-27(16,17)23-20-24(11,18-21-25(12)13)19-22-26(14)15/h2-10H2,1H3,(H,12,13)(H,14,15)/p-2. The fourth-order valence-corrected chi connectivity index (χ4v) is 4.05. The second-order valence-electron chi connectivity index (χ2n) is 5.02. The Morgan fingerprint density at radius 1 is 0.815 bits per heavy atom. The van der Waals surface area contributed by atoms with Crippen LogP contribution in [0, 0.1) is 0 Å². The second kappa shape index (κ2) is 15.1. The fourth-order valence-electron chi connectivity index (χ4n) is 1.69. The maximum absolute atomic E-state index is 11.7. The smallest absolute Gasteiger partial charge is 0.559 e. The molecule has 0 aromatic heterocycles. The molecule has 0 radical (unpaired) electrons. The lowest BCUT2D eigenvalue weighted by atomic mass is 10.1. The highest BCUT2D eigenvalue weighted by molar-refractivity contribution is 7.86. The molecular weight excluding hydrogens is 455 g/mol. The molecule has 0 aromatic carbocycles. The maximum atomic E-state index is 11.7. The lowest BCUT2D eigenvalue weighted by molar-refractivity contribution is -0.233. The van der Waals surface area contributed by atoms with Gasteiger partial charge in [0.2, 0.25) is 0 Å². The molecular formula is C10H21O13PS3-2. The predicted octanol–water partition coefficient (Wildman–Crippen LogP) is 2.00. The SMILES string of the molecule is CCCCCCCCCCS(=O)(=O)OOP(=O)(OOS(=O)[O-])OOS(=O)[O-]. The van der Waals surface area contributed by atoms with E-state index in [1.165, 1.54) is 0 Å². The first-order valence-electron chi connectivity index (χ1n) is 7.73. The Morgan fingerprint density at radius 3 is 1.70 bits per heavy atom. The normalized spacial score (nSPS) is 16.7. The van der Waals surface area contributed by atoms with Gasteiger partial charge in [-0.05, 0) is 6.42 Å². The zero-order valence-electron chi connectivity index (χ0n) is 14.3. The Hall–Kier alpha value is 0.160. The van der Waals surface area contributed by atoms with Crippen LogP contribution < -0.4 is 0 Å². The van der Waals surface area contributed by atoms with Crippen LogP contribution in [0.3, 0.4) is 0 Å². The highest BCUT2D eigenvalue weighted by Crippen LogP contribution is 2.50. The molecule has 2 unspecified atom stereocenters. The lowest BCUT2D eigenvalue weighted by Gasteiger charge is -2.14. The average molecular weight is 476 g/mol. The monoisotopic (exact) mass is 476 g/mol. The van der Waals surface area contributed by atoms with Gasteiger partial charge < -0.3 is 9.11 Å². The Morgan fingerprint density at radius 2 is 1.26 bits per heavy atom. The summed E-state index contributed by atoms with van der Waals surface area (Å²) in [5.41, 5.74) is 0. The first-order valence-corrected chi connectivity index (χ1v) is 12.8. The van der Waals surface area contributed by atoms with E-state index < -0.39 is 46.4 Å². The highest BCUT2D eigenvalue weighted by Gasteiger charge is 2.36. The van der Waals surface area contributed by atoms with Gasteiger partial charge in [-0.2, -0.15) is 8.42 Å². The predicted molar refractivity (Wildman–Crippen MR) is 88.4 cm³/mol. The molecule has 0 aliphatic heterocycles. The summed E-state index contributed by atoms with van der Waals surface area (Å²) in [4.78, 5) is 0. The van der Waals surface area contributed by atoms with Crippen molar-refractivity contribution in [2.24, 2.45) is 0 Å². The van der Waals surface area contributed by atoms with E-state index in [2.05, 4.69) is 33.9 Å². The third-order valence-corrected chi connectivity index (χ3v) is 5.32. The molecule has 0 aliphatic carbocycles. The van der Waals surface area contributed by atoms with Gasteiger partial charge in [0.25, 0.3) is 10.1 Å². The van der Waals surface area contributed by atoms with Crippen LogP contribution >= 0.6 is 7.82 Å². The number of unbranched alkanes of at least 4 members (excludes halogenated alkanes) is 7. The van der Waals surface area contributed by atoms with Crippen molar-refractivity contribution in [3.63, 3.8) is 0 Å². The van der Waals surface area contributed by atoms with Crippen LogP contribution in [0.25, 0.3) is 0 Å². The van der Waals surface area contributed by atoms with E-state index in [-0.39, 0.29) is 6.42 Å². The third kappa shape index (κ3) is 16.8. The van der Waals surface area contributed by atoms with Gasteiger partial charge >= 0.3 is 7.82 Å². The molecule has 0 aromatic rings. The Balaban J connectivity index is 4.30. The van der Waals surface area contributed by atoms with Gasteiger partial charge in [-0.3, -0.25) is 0 Å². The van der Waals surface area contributed by atoms with Crippen LogP contribution in [0.15, 0.2) is 0 Å². The summed E-state index contributed by atoms with van der Waals surface area (Å²) in [5, 5.41) is 0. The first-order chi connectivity index (χ1) is 12.6. The van der Waals surface area contributed by atoms with Crippen molar-refractivity contribution in [2.45, 2.75) is 58.3 Å². The number of hydrogen-bond donors (Lipinski definition) is 0. The largest absolute Gasteiger partial charge is 0.748 e. The molecule has 0 saturated carbocycles. The summed E-state index contributed by atoms with van der Waals surface area (Å²) >= 11 is -6.76. The van der Waals surface area contributed by atoms with Gasteiger partial charge in [0.05, 0.1) is 5.75 Å². The van der Waals surface area contributed by atoms with E-state index in [0.29, 0.717) is 6.42 Å². The fraction of sp³-hybridized carbons (Fsp3) is 1.00. The number of rotatable bonds is 18. The molecule has 17 heteroatoms. The molecule has 164 valence electrons. The van der Waals surface area contributed by atoms with Crippen molar-refractivity contribution in [2.75, 3.05) is 5.75 Å². The van der Waals surface area contributed by atoms with Crippen LogP contribution in [-0.4, -0.2) is 31.7 Å². The molecule has 0 amide bonds. The van der Waals surface area contributed by atoms with Gasteiger partial charge in [-0.15, -0.1) is 22.7 Å². The van der Waals surface area contributed by atoms with Crippen LogP contribution in [0.4, 0.5) is 0 Å². The van der Waals surface area contributed by atoms with Gasteiger partial charge in [-0.25, -0.2) is 13.0 Å². The van der Waals surface area contributed by atoms with Gasteiger partial charge in [0.1, 0.15) is 22.7 Å². The summed E-state index contributed by atoms with van der Waals surface area (Å²) in [6, 6.07) is 0. The third-order valence-electron chi connectivity index (χ3n) is 2.83. The molecule has 0 N–H and O–H groups in total. The van der Waals surface area contributed by atoms with Crippen LogP contribution in [0.1, 0.15) is 58.3 Å². The first kappa shape index (κ1) is 27.2. The minimum atomic E-state index is -5.32. The molecule has 0 saturated heterocycles. The van der Waals surface area contributed by atoms with Gasteiger partial charge in [-0.1, -0.05) is 56.2 Å². The number of phosphoric acid groups is 1. The second-order valence-corrected chi connectivity index (χ2v) is 9.11. The Kier molecular flexibility index (Phi) is 15.1. The van der Waals surface area contributed by atoms with Crippen molar-refractivity contribution in [1.29, 1.82) is 0 Å². The zero-order chi connectivity index (χ0) is 20.8. The molecule has 0 rings (SSSR count). The van der Waals surface area contributed by atoms with Gasteiger partial charge in [0, 0.05) is 0 Å². The van der Waals surface area contributed by atoms with E-state index in [4.69, 9.17) is 0 Å². The molecule has 0 heterocycles. The maximum Gasteiger partial charge on any atom is 0.559 e. The Labute approximate surface area is 162 Å². The minimum absolute atomic E-state index is 0.216. The molecule has 0 bridgehead atoms. The van der Waals surface area contributed by atoms with E-state index >= 15 is 0 Å². The molecule has 0 aliphatic rings. The van der Waals surface area contributed by atoms with Crippen molar-refractivity contribution in [1.82, 2.24) is 0 Å². The highest BCUT2D eigenvalue weighted by atomic mass is 32.2. The molecule has 0 spiro atoms. The quantitative estimate of drug-likeness (QED) is 0.0919. The molecule has 13 nitrogen and oxygen atoms in total. The van der Waals surface area contributed by atoms with Crippen LogP contribution in [0.2, 0.25) is 0 Å². The lowest BCUT2D eigenvalue weighted by Crippen LogP contribution is -2.13. The van der Waals surface area contributed by atoms with Crippen molar-refractivity contribution in [3.05, 3.63) is 0 Å². The molecule has 27 heavy (non-hydrogen) atoms. The van der Waals surface area contributed by atoms with Crippen molar-refractivity contribution >= 4 is 40.7 Å². The molecule has 2 atom stereocenters. The summed E-state index contributed by atoms with van der Waals surface area (Å²) in [7, 11) is -9.68. The average Bonchev–Trinajstić information content (AvgIpc) is 2.59. The van der Waals surface area contributed by atoms with E-state index in [1.54, 1.807) is 0 Å². The van der Waals surface area contributed by atoms with Gasteiger partial charge in [0.15, 0.2) is 0 Å². The topological polar surface area (TPSA) is 187 Å². The Bertz CT molecular complexity index is 573. The van der Waals surface area contributed by atoms with Crippen molar-refractivity contribution in [3.8, 4) is 0 Å². The van der Waals surface area contributed by atoms with E-state index in [0.717, 1.165) is 38.5 Å². The van der Waals surface area contributed by atoms with Crippen molar-refractivity contribution < 1.29 is 57.5 Å². The minimum Gasteiger partial charge on any atom is -0.748 e. The summed E-state index contributed by atoms with van der Waals surface area (Å²) in [6.07, 6.45) is 7.03. The summed E-state index contributed by atoms with van der Waals surface area (Å²) in [6.45, 7) is 2.10. The van der Waals surface area contributed by atoms with Crippen LogP contribution in [0.5, 0.6) is 0 Å². The van der Waals surface area contributed by atoms with E-state index in [1.807, 2.05) is 0 Å².